The van der Waals surface area contributed by atoms with Crippen LogP contribution in [-0.4, -0.2) is 15.0 Å². The highest BCUT2D eigenvalue weighted by Gasteiger charge is 2.21. The number of nitrogens with zero attached hydrogens (tertiary/aromatic N) is 3. The average molecular weight is 676 g/mol. The van der Waals surface area contributed by atoms with Gasteiger partial charge in [-0.2, -0.15) is 0 Å². The van der Waals surface area contributed by atoms with E-state index in [1.165, 1.54) is 43.3 Å². The van der Waals surface area contributed by atoms with E-state index in [2.05, 4.69) is 133 Å². The van der Waals surface area contributed by atoms with Crippen molar-refractivity contribution in [3.63, 3.8) is 0 Å². The molecule has 2 heterocycles. The van der Waals surface area contributed by atoms with Gasteiger partial charge in [-0.25, -0.2) is 15.0 Å². The molecule has 1 aromatic heterocycles. The van der Waals surface area contributed by atoms with Gasteiger partial charge in [-0.1, -0.05) is 152 Å². The monoisotopic (exact) mass is 675 g/mol. The highest BCUT2D eigenvalue weighted by Crippen LogP contribution is 2.47. The summed E-state index contributed by atoms with van der Waals surface area (Å²) in [6, 6.07) is 61.6. The summed E-state index contributed by atoms with van der Waals surface area (Å²) in [7, 11) is 0. The molecule has 4 heteroatoms. The Bertz CT molecular complexity index is 3040. The smallest absolute Gasteiger partial charge is 0.164 e. The number of hydrogen-bond donors (Lipinski definition) is 0. The first-order chi connectivity index (χ1) is 26.2. The Kier molecular flexibility index (Phi) is 6.52. The molecule has 10 aromatic rings. The molecule has 0 N–H and O–H groups in total. The van der Waals surface area contributed by atoms with E-state index in [9.17, 15) is 0 Å². The third kappa shape index (κ3) is 4.80. The molecular weight excluding hydrogens is 647 g/mol. The zero-order valence-electron chi connectivity index (χ0n) is 28.5. The van der Waals surface area contributed by atoms with Crippen LogP contribution in [0.5, 0.6) is 11.5 Å². The molecule has 0 fully saturated rings. The van der Waals surface area contributed by atoms with Gasteiger partial charge in [0.1, 0.15) is 11.5 Å². The van der Waals surface area contributed by atoms with Crippen LogP contribution in [0.3, 0.4) is 0 Å². The summed E-state index contributed by atoms with van der Waals surface area (Å²) in [5, 5.41) is 9.67. The van der Waals surface area contributed by atoms with E-state index in [1.54, 1.807) is 0 Å². The Morgan fingerprint density at radius 2 is 0.830 bits per heavy atom. The van der Waals surface area contributed by atoms with Gasteiger partial charge in [-0.3, -0.25) is 0 Å². The zero-order chi connectivity index (χ0) is 34.9. The number of fused-ring (bicyclic) bond motifs is 8. The predicted molar refractivity (Wildman–Crippen MR) is 217 cm³/mol. The van der Waals surface area contributed by atoms with E-state index in [1.807, 2.05) is 42.5 Å². The lowest BCUT2D eigenvalue weighted by Gasteiger charge is -2.22. The fourth-order valence-electron chi connectivity index (χ4n) is 7.95. The molecule has 0 radical (unpaired) electrons. The molecule has 9 aromatic carbocycles. The van der Waals surface area contributed by atoms with Gasteiger partial charge in [0.15, 0.2) is 17.5 Å². The normalized spacial score (nSPS) is 11.9. The molecule has 11 rings (SSSR count). The van der Waals surface area contributed by atoms with Gasteiger partial charge >= 0.3 is 0 Å². The van der Waals surface area contributed by atoms with Crippen LogP contribution in [0.25, 0.3) is 99.5 Å². The molecule has 246 valence electrons. The lowest BCUT2D eigenvalue weighted by molar-refractivity contribution is 0.487. The Balaban J connectivity index is 1.02. The first-order valence-electron chi connectivity index (χ1n) is 17.9. The molecule has 4 nitrogen and oxygen atoms in total. The SMILES string of the molecule is c1ccc(-c2nc(-c3ccc(-c4ccc5c(c4)-c4cccc6cccc(c46)O5)cc3)nc(-c3ccc4c5ccccc5c5ccccc5c4c3)n2)cc1. The molecular formula is C49H29N3O. The third-order valence-electron chi connectivity index (χ3n) is 10.5. The lowest BCUT2D eigenvalue weighted by atomic mass is 9.92. The summed E-state index contributed by atoms with van der Waals surface area (Å²) in [4.78, 5) is 15.2. The maximum Gasteiger partial charge on any atom is 0.164 e. The van der Waals surface area contributed by atoms with Crippen LogP contribution in [0.4, 0.5) is 0 Å². The van der Waals surface area contributed by atoms with Crippen LogP contribution in [0.2, 0.25) is 0 Å². The fraction of sp³-hybridized carbons (Fsp3) is 0. The molecule has 0 unspecified atom stereocenters. The van der Waals surface area contributed by atoms with Crippen molar-refractivity contribution < 1.29 is 4.74 Å². The molecule has 0 bridgehead atoms. The number of hydrogen-bond acceptors (Lipinski definition) is 4. The number of ether oxygens (including phenoxy) is 1. The van der Waals surface area contributed by atoms with Crippen molar-refractivity contribution in [3.05, 3.63) is 176 Å². The maximum absolute atomic E-state index is 6.35. The Hall–Kier alpha value is -7.17. The highest BCUT2D eigenvalue weighted by molar-refractivity contribution is 6.25. The summed E-state index contributed by atoms with van der Waals surface area (Å²) in [5.74, 6) is 3.69. The highest BCUT2D eigenvalue weighted by atomic mass is 16.5. The van der Waals surface area contributed by atoms with E-state index in [0.717, 1.165) is 50.3 Å². The van der Waals surface area contributed by atoms with E-state index < -0.39 is 0 Å². The van der Waals surface area contributed by atoms with Crippen molar-refractivity contribution in [3.8, 4) is 67.9 Å². The van der Waals surface area contributed by atoms with Crippen LogP contribution in [-0.2, 0) is 0 Å². The summed E-state index contributed by atoms with van der Waals surface area (Å²) in [5.41, 5.74) is 7.33. The van der Waals surface area contributed by atoms with Gasteiger partial charge in [0.05, 0.1) is 0 Å². The van der Waals surface area contributed by atoms with Crippen molar-refractivity contribution in [2.45, 2.75) is 0 Å². The van der Waals surface area contributed by atoms with Crippen molar-refractivity contribution in [1.82, 2.24) is 15.0 Å². The van der Waals surface area contributed by atoms with Gasteiger partial charge in [0.2, 0.25) is 0 Å². The summed E-state index contributed by atoms with van der Waals surface area (Å²) < 4.78 is 6.35. The molecule has 0 amide bonds. The second kappa shape index (κ2) is 11.7. The first-order valence-corrected chi connectivity index (χ1v) is 17.9. The minimum absolute atomic E-state index is 0.631. The molecule has 0 saturated carbocycles. The molecule has 1 aliphatic rings. The molecule has 0 atom stereocenters. The summed E-state index contributed by atoms with van der Waals surface area (Å²) in [6.45, 7) is 0. The van der Waals surface area contributed by atoms with Gasteiger partial charge in [-0.15, -0.1) is 0 Å². The molecule has 0 spiro atoms. The molecule has 0 aliphatic carbocycles. The van der Waals surface area contributed by atoms with E-state index in [4.69, 9.17) is 19.7 Å². The predicted octanol–water partition coefficient (Wildman–Crippen LogP) is 12.9. The molecule has 0 saturated heterocycles. The summed E-state index contributed by atoms with van der Waals surface area (Å²) >= 11 is 0. The van der Waals surface area contributed by atoms with Gasteiger partial charge < -0.3 is 4.74 Å². The molecule has 1 aliphatic heterocycles. The van der Waals surface area contributed by atoms with Crippen molar-refractivity contribution in [1.29, 1.82) is 0 Å². The number of rotatable bonds is 4. The van der Waals surface area contributed by atoms with Gasteiger partial charge in [0, 0.05) is 27.6 Å². The van der Waals surface area contributed by atoms with Crippen LogP contribution in [0.1, 0.15) is 0 Å². The van der Waals surface area contributed by atoms with Crippen LogP contribution in [0, 0.1) is 0 Å². The van der Waals surface area contributed by atoms with Crippen LogP contribution >= 0.6 is 0 Å². The number of benzene rings is 9. The van der Waals surface area contributed by atoms with Crippen molar-refractivity contribution in [2.75, 3.05) is 0 Å². The van der Waals surface area contributed by atoms with Crippen molar-refractivity contribution >= 4 is 43.1 Å². The Morgan fingerprint density at radius 1 is 0.302 bits per heavy atom. The first kappa shape index (κ1) is 29.5. The van der Waals surface area contributed by atoms with Crippen LogP contribution < -0.4 is 4.74 Å². The Labute approximate surface area is 305 Å². The van der Waals surface area contributed by atoms with Gasteiger partial charge in [0.25, 0.3) is 0 Å². The number of aromatic nitrogens is 3. The Morgan fingerprint density at radius 3 is 1.53 bits per heavy atom. The van der Waals surface area contributed by atoms with E-state index in [0.29, 0.717) is 17.5 Å². The minimum atomic E-state index is 0.631. The van der Waals surface area contributed by atoms with E-state index in [-0.39, 0.29) is 0 Å². The van der Waals surface area contributed by atoms with E-state index >= 15 is 0 Å². The minimum Gasteiger partial charge on any atom is -0.456 e. The zero-order valence-corrected chi connectivity index (χ0v) is 28.5. The van der Waals surface area contributed by atoms with Gasteiger partial charge in [-0.05, 0) is 78.7 Å². The van der Waals surface area contributed by atoms with Crippen LogP contribution in [0.15, 0.2) is 176 Å². The summed E-state index contributed by atoms with van der Waals surface area (Å²) in [6.07, 6.45) is 0. The second-order valence-electron chi connectivity index (χ2n) is 13.6. The second-order valence-corrected chi connectivity index (χ2v) is 13.6. The van der Waals surface area contributed by atoms with Crippen molar-refractivity contribution in [2.24, 2.45) is 0 Å². The standard InChI is InChI=1S/C49H29N3O/c1-2-10-32(11-3-1)47-50-48(52-49(51-47)35-24-26-40-38-16-5-4-14-36(38)37-15-6-7-17-39(37)42(40)29-35)33-22-20-30(21-23-33)34-25-27-44-43(28-34)41-18-8-12-31-13-9-19-45(53-44)46(31)41/h1-29H. The average Bonchev–Trinajstić information content (AvgIpc) is 3.24. The topological polar surface area (TPSA) is 47.9 Å². The maximum atomic E-state index is 6.35. The lowest BCUT2D eigenvalue weighted by Crippen LogP contribution is -2.00. The fourth-order valence-corrected chi connectivity index (χ4v) is 7.95. The quantitative estimate of drug-likeness (QED) is 0.174. The molecule has 53 heavy (non-hydrogen) atoms. The largest absolute Gasteiger partial charge is 0.456 e. The third-order valence-corrected chi connectivity index (χ3v) is 10.5.